The second kappa shape index (κ2) is 7.32. The van der Waals surface area contributed by atoms with Crippen LogP contribution in [-0.4, -0.2) is 21.7 Å². The monoisotopic (exact) mass is 396 g/mol. The highest BCUT2D eigenvalue weighted by molar-refractivity contribution is 5.99. The summed E-state index contributed by atoms with van der Waals surface area (Å²) in [5.41, 5.74) is 10.2. The van der Waals surface area contributed by atoms with Crippen molar-refractivity contribution < 1.29 is 9.18 Å². The summed E-state index contributed by atoms with van der Waals surface area (Å²) in [6.45, 7) is 6.62. The van der Waals surface area contributed by atoms with Gasteiger partial charge in [-0.1, -0.05) is 32.9 Å². The van der Waals surface area contributed by atoms with Gasteiger partial charge in [0.1, 0.15) is 5.82 Å². The number of primary amides is 1. The van der Waals surface area contributed by atoms with Gasteiger partial charge < -0.3 is 11.1 Å². The largest absolute Gasteiger partial charge is 0.381 e. The van der Waals surface area contributed by atoms with Gasteiger partial charge in [0.05, 0.1) is 22.6 Å². The summed E-state index contributed by atoms with van der Waals surface area (Å²) in [6.07, 6.45) is 9.70. The van der Waals surface area contributed by atoms with Gasteiger partial charge in [0.25, 0.3) is 5.91 Å². The van der Waals surface area contributed by atoms with Crippen molar-refractivity contribution in [2.75, 3.05) is 5.32 Å². The number of hydrogen-bond donors (Lipinski definition) is 2. The van der Waals surface area contributed by atoms with Gasteiger partial charge in [-0.3, -0.25) is 4.79 Å². The number of amides is 1. The van der Waals surface area contributed by atoms with E-state index in [-0.39, 0.29) is 17.0 Å². The summed E-state index contributed by atoms with van der Waals surface area (Å²) >= 11 is 0. The van der Waals surface area contributed by atoms with Gasteiger partial charge in [0.2, 0.25) is 0 Å². The Morgan fingerprint density at radius 2 is 2.07 bits per heavy atom. The molecule has 2 aliphatic carbocycles. The van der Waals surface area contributed by atoms with E-state index in [1.807, 2.05) is 10.7 Å². The lowest BCUT2D eigenvalue weighted by Crippen LogP contribution is -2.24. The van der Waals surface area contributed by atoms with Gasteiger partial charge >= 0.3 is 0 Å². The van der Waals surface area contributed by atoms with Gasteiger partial charge in [-0.2, -0.15) is 5.10 Å². The van der Waals surface area contributed by atoms with Crippen LogP contribution in [0.3, 0.4) is 0 Å². The van der Waals surface area contributed by atoms with E-state index in [0.717, 1.165) is 49.9 Å². The Kier molecular flexibility index (Phi) is 4.97. The molecule has 4 rings (SSSR count). The van der Waals surface area contributed by atoms with Crippen molar-refractivity contribution in [3.63, 3.8) is 0 Å². The van der Waals surface area contributed by atoms with E-state index in [1.165, 1.54) is 11.6 Å². The number of nitrogens with zero attached hydrogens (tertiary/aromatic N) is 2. The van der Waals surface area contributed by atoms with Crippen LogP contribution < -0.4 is 11.1 Å². The Morgan fingerprint density at radius 1 is 1.34 bits per heavy atom. The number of fused-ring (bicyclic) bond motifs is 1. The zero-order chi connectivity index (χ0) is 20.8. The number of carbonyl (C=O) groups excluding carboxylic acids is 1. The summed E-state index contributed by atoms with van der Waals surface area (Å²) in [6, 6.07) is 3.34. The highest BCUT2D eigenvalue weighted by atomic mass is 19.1. The first kappa shape index (κ1) is 19.7. The van der Waals surface area contributed by atoms with Crippen molar-refractivity contribution in [3.05, 3.63) is 52.6 Å². The third-order valence-electron chi connectivity index (χ3n) is 6.14. The Bertz CT molecular complexity index is 981. The minimum Gasteiger partial charge on any atom is -0.381 e. The summed E-state index contributed by atoms with van der Waals surface area (Å²) in [7, 11) is 0. The van der Waals surface area contributed by atoms with Crippen molar-refractivity contribution in [2.24, 2.45) is 11.1 Å². The predicted molar refractivity (Wildman–Crippen MR) is 113 cm³/mol. The van der Waals surface area contributed by atoms with E-state index in [4.69, 9.17) is 10.8 Å². The molecule has 0 saturated heterocycles. The lowest BCUT2D eigenvalue weighted by molar-refractivity contribution is 0.0997. The average Bonchev–Trinajstić information content (AvgIpc) is 3.27. The number of carbonyl (C=O) groups is 1. The maximum atomic E-state index is 15.0. The lowest BCUT2D eigenvalue weighted by Gasteiger charge is -2.30. The highest BCUT2D eigenvalue weighted by Crippen LogP contribution is 2.38. The molecule has 1 amide bonds. The molecular formula is C23H29FN4O. The Hall–Kier alpha value is -2.63. The molecule has 6 heteroatoms. The number of halogens is 1. The van der Waals surface area contributed by atoms with Crippen LogP contribution in [0.15, 0.2) is 24.3 Å². The van der Waals surface area contributed by atoms with Crippen LogP contribution in [0.5, 0.6) is 0 Å². The highest BCUT2D eigenvalue weighted by Gasteiger charge is 2.31. The smallest absolute Gasteiger partial charge is 0.253 e. The normalized spacial score (nSPS) is 18.1. The van der Waals surface area contributed by atoms with Crippen molar-refractivity contribution in [1.29, 1.82) is 0 Å². The van der Waals surface area contributed by atoms with E-state index in [9.17, 15) is 9.18 Å². The third kappa shape index (κ3) is 3.68. The Morgan fingerprint density at radius 3 is 2.72 bits per heavy atom. The molecule has 0 bridgehead atoms. The van der Waals surface area contributed by atoms with E-state index in [0.29, 0.717) is 11.4 Å². The topological polar surface area (TPSA) is 72.9 Å². The number of anilines is 1. The standard InChI is InChI=1S/C23H29FN4O/c1-4-18-16-9-10-23(2,3)13-20(16)28(27-18)15-11-17(24)21(22(25)29)19(12-15)26-14-7-5-6-8-14/h5-6,11-12,14,26H,4,7-10,13H2,1-3H3,(H2,25,29). The van der Waals surface area contributed by atoms with Crippen LogP contribution in [0.4, 0.5) is 10.1 Å². The fourth-order valence-corrected chi connectivity index (χ4v) is 4.54. The zero-order valence-electron chi connectivity index (χ0n) is 17.4. The number of nitrogens with two attached hydrogens (primary N) is 1. The van der Waals surface area contributed by atoms with E-state index >= 15 is 0 Å². The van der Waals surface area contributed by atoms with Crippen molar-refractivity contribution in [2.45, 2.75) is 65.3 Å². The van der Waals surface area contributed by atoms with Crippen molar-refractivity contribution in [3.8, 4) is 5.69 Å². The van der Waals surface area contributed by atoms with Crippen LogP contribution in [0.2, 0.25) is 0 Å². The summed E-state index contributed by atoms with van der Waals surface area (Å²) in [5, 5.41) is 8.14. The first-order valence-corrected chi connectivity index (χ1v) is 10.4. The molecule has 1 heterocycles. The van der Waals surface area contributed by atoms with Gasteiger partial charge in [-0.05, 0) is 55.6 Å². The van der Waals surface area contributed by atoms with E-state index in [2.05, 4.69) is 38.2 Å². The molecule has 0 saturated carbocycles. The van der Waals surface area contributed by atoms with Crippen molar-refractivity contribution in [1.82, 2.24) is 9.78 Å². The molecule has 1 aromatic heterocycles. The predicted octanol–water partition coefficient (Wildman–Crippen LogP) is 4.32. The summed E-state index contributed by atoms with van der Waals surface area (Å²) in [4.78, 5) is 11.9. The maximum absolute atomic E-state index is 15.0. The molecule has 2 aromatic rings. The Labute approximate surface area is 171 Å². The van der Waals surface area contributed by atoms with Gasteiger partial charge in [-0.25, -0.2) is 9.07 Å². The molecule has 0 fully saturated rings. The van der Waals surface area contributed by atoms with E-state index in [1.54, 1.807) is 0 Å². The SMILES string of the molecule is CCc1nn(-c2cc(F)c(C(N)=O)c(NC3CC=CC3)c2)c2c1CCC(C)(C)C2. The molecule has 0 aliphatic heterocycles. The molecular weight excluding hydrogens is 367 g/mol. The van der Waals surface area contributed by atoms with E-state index < -0.39 is 11.7 Å². The zero-order valence-corrected chi connectivity index (χ0v) is 17.4. The number of rotatable bonds is 5. The second-order valence-electron chi connectivity index (χ2n) is 8.98. The molecule has 0 spiro atoms. The number of nitrogens with one attached hydrogen (secondary N) is 1. The van der Waals surface area contributed by atoms with Crippen LogP contribution in [0, 0.1) is 11.2 Å². The molecule has 1 aromatic carbocycles. The third-order valence-corrected chi connectivity index (χ3v) is 6.14. The Balaban J connectivity index is 1.82. The molecule has 5 nitrogen and oxygen atoms in total. The molecule has 2 aliphatic rings. The number of aryl methyl sites for hydroxylation is 1. The molecule has 0 unspecified atom stereocenters. The van der Waals surface area contributed by atoms with Gasteiger partial charge in [-0.15, -0.1) is 0 Å². The quantitative estimate of drug-likeness (QED) is 0.740. The van der Waals surface area contributed by atoms with Crippen LogP contribution in [-0.2, 0) is 19.3 Å². The molecule has 3 N–H and O–H groups in total. The molecule has 154 valence electrons. The average molecular weight is 397 g/mol. The fourth-order valence-electron chi connectivity index (χ4n) is 4.54. The summed E-state index contributed by atoms with van der Waals surface area (Å²) < 4.78 is 16.9. The minimum absolute atomic E-state index is 0.0854. The maximum Gasteiger partial charge on any atom is 0.253 e. The summed E-state index contributed by atoms with van der Waals surface area (Å²) in [5.74, 6) is -1.37. The lowest BCUT2D eigenvalue weighted by atomic mass is 9.76. The molecule has 29 heavy (non-hydrogen) atoms. The first-order valence-electron chi connectivity index (χ1n) is 10.4. The van der Waals surface area contributed by atoms with Crippen molar-refractivity contribution >= 4 is 11.6 Å². The number of benzene rings is 1. The van der Waals surface area contributed by atoms with Crippen LogP contribution >= 0.6 is 0 Å². The fraction of sp³-hybridized carbons (Fsp3) is 0.478. The second-order valence-corrected chi connectivity index (χ2v) is 8.98. The molecule has 0 atom stereocenters. The first-order chi connectivity index (χ1) is 13.8. The number of hydrogen-bond acceptors (Lipinski definition) is 3. The van der Waals surface area contributed by atoms with Crippen LogP contribution in [0.1, 0.15) is 67.3 Å². The van der Waals surface area contributed by atoms with Gasteiger partial charge in [0.15, 0.2) is 0 Å². The molecule has 0 radical (unpaired) electrons. The van der Waals surface area contributed by atoms with Crippen LogP contribution in [0.25, 0.3) is 5.69 Å². The minimum atomic E-state index is -0.764. The van der Waals surface area contributed by atoms with Gasteiger partial charge in [0, 0.05) is 17.8 Å². The number of aromatic nitrogens is 2.